The molecule has 0 aliphatic carbocycles. The van der Waals surface area contributed by atoms with Crippen LogP contribution in [0.5, 0.6) is 0 Å². The summed E-state index contributed by atoms with van der Waals surface area (Å²) in [5, 5.41) is 17.8. The average Bonchev–Trinajstić information content (AvgIpc) is 2.41. The van der Waals surface area contributed by atoms with Crippen LogP contribution in [0.1, 0.15) is 31.1 Å². The molecule has 13 heavy (non-hydrogen) atoms. The summed E-state index contributed by atoms with van der Waals surface area (Å²) in [6.07, 6.45) is 0. The summed E-state index contributed by atoms with van der Waals surface area (Å²) in [7, 11) is 0. The molecule has 1 aromatic rings. The van der Waals surface area contributed by atoms with Crippen LogP contribution in [-0.2, 0) is 0 Å². The molecule has 1 heterocycles. The lowest BCUT2D eigenvalue weighted by atomic mass is 10.3. The third-order valence-electron chi connectivity index (χ3n) is 1.73. The smallest absolute Gasteiger partial charge is 0.128 e. The lowest BCUT2D eigenvalue weighted by Gasteiger charge is -2.09. The molecule has 0 unspecified atom stereocenters. The maximum absolute atomic E-state index is 8.76. The Balaban J connectivity index is 3.42. The predicted octanol–water partition coefficient (Wildman–Crippen LogP) is 2.47. The lowest BCUT2D eigenvalue weighted by molar-refractivity contribution is 0.598. The number of halogens is 1. The Labute approximate surface area is 81.8 Å². The number of rotatable bonds is 1. The Kier molecular flexibility index (Phi) is 2.60. The molecule has 0 saturated heterocycles. The van der Waals surface area contributed by atoms with E-state index in [1.807, 2.05) is 26.0 Å². The van der Waals surface area contributed by atoms with Crippen LogP contribution in [0.3, 0.4) is 0 Å². The molecule has 0 amide bonds. The average molecular weight is 194 g/mol. The largest absolute Gasteiger partial charge is 0.320 e. The highest BCUT2D eigenvalue weighted by Crippen LogP contribution is 2.24. The van der Waals surface area contributed by atoms with Crippen molar-refractivity contribution in [2.24, 2.45) is 0 Å². The fourth-order valence-electron chi connectivity index (χ4n) is 1.17. The van der Waals surface area contributed by atoms with Crippen LogP contribution in [0.4, 0.5) is 0 Å². The molecule has 0 aliphatic heterocycles. The topological polar surface area (TPSA) is 52.5 Å². The summed E-state index contributed by atoms with van der Waals surface area (Å²) in [5.74, 6) is 0. The van der Waals surface area contributed by atoms with Crippen LogP contribution in [0.2, 0.25) is 5.15 Å². The number of nitrogens with zero attached hydrogens (tertiary/aromatic N) is 3. The zero-order chi connectivity index (χ0) is 10.0. The maximum Gasteiger partial charge on any atom is 0.128 e. The van der Waals surface area contributed by atoms with Gasteiger partial charge in [-0.05, 0) is 19.9 Å². The molecule has 0 radical (unpaired) electrons. The zero-order valence-electron chi connectivity index (χ0n) is 7.37. The molecule has 4 heteroatoms. The zero-order valence-corrected chi connectivity index (χ0v) is 8.13. The van der Waals surface area contributed by atoms with Gasteiger partial charge in [-0.3, -0.25) is 0 Å². The van der Waals surface area contributed by atoms with E-state index in [2.05, 4.69) is 0 Å². The standard InChI is InChI=1S/C9H8ClN3/c1-6(2)13-8(5-12)3-7(4-11)9(13)10/h3,6H,1-2H3. The third kappa shape index (κ3) is 1.52. The lowest BCUT2D eigenvalue weighted by Crippen LogP contribution is -2.02. The van der Waals surface area contributed by atoms with Crippen LogP contribution < -0.4 is 0 Å². The van der Waals surface area contributed by atoms with E-state index in [4.69, 9.17) is 22.1 Å². The van der Waals surface area contributed by atoms with E-state index in [0.717, 1.165) is 0 Å². The molecule has 1 rings (SSSR count). The van der Waals surface area contributed by atoms with Crippen LogP contribution in [0, 0.1) is 22.7 Å². The quantitative estimate of drug-likeness (QED) is 0.688. The second-order valence-electron chi connectivity index (χ2n) is 2.92. The Bertz CT molecular complexity index is 404. The van der Waals surface area contributed by atoms with Gasteiger partial charge in [0.2, 0.25) is 0 Å². The van der Waals surface area contributed by atoms with Crippen molar-refractivity contribution in [2.75, 3.05) is 0 Å². The molecule has 1 aromatic heterocycles. The predicted molar refractivity (Wildman–Crippen MR) is 49.3 cm³/mol. The molecule has 0 saturated carbocycles. The van der Waals surface area contributed by atoms with Gasteiger partial charge >= 0.3 is 0 Å². The van der Waals surface area contributed by atoms with Gasteiger partial charge in [-0.1, -0.05) is 11.6 Å². The van der Waals surface area contributed by atoms with E-state index >= 15 is 0 Å². The van der Waals surface area contributed by atoms with Crippen molar-refractivity contribution in [1.29, 1.82) is 10.5 Å². The first-order valence-corrected chi connectivity index (χ1v) is 4.20. The van der Waals surface area contributed by atoms with Crippen molar-refractivity contribution >= 4 is 11.6 Å². The number of nitriles is 2. The van der Waals surface area contributed by atoms with Crippen LogP contribution in [-0.4, -0.2) is 4.57 Å². The van der Waals surface area contributed by atoms with E-state index in [1.165, 1.54) is 6.07 Å². The Morgan fingerprint density at radius 1 is 1.38 bits per heavy atom. The van der Waals surface area contributed by atoms with Gasteiger partial charge in [-0.25, -0.2) is 0 Å². The fourth-order valence-corrected chi connectivity index (χ4v) is 1.55. The minimum Gasteiger partial charge on any atom is -0.320 e. The third-order valence-corrected chi connectivity index (χ3v) is 2.11. The Hall–Kier alpha value is -1.45. The number of hydrogen-bond acceptors (Lipinski definition) is 2. The minimum absolute atomic E-state index is 0.0873. The molecule has 0 spiro atoms. The van der Waals surface area contributed by atoms with Gasteiger partial charge in [-0.15, -0.1) is 0 Å². The van der Waals surface area contributed by atoms with E-state index in [1.54, 1.807) is 4.57 Å². The van der Waals surface area contributed by atoms with Crippen molar-refractivity contribution in [2.45, 2.75) is 19.9 Å². The summed E-state index contributed by atoms with van der Waals surface area (Å²) in [6, 6.07) is 5.53. The van der Waals surface area contributed by atoms with Crippen molar-refractivity contribution in [3.63, 3.8) is 0 Å². The molecule has 0 N–H and O–H groups in total. The first-order valence-electron chi connectivity index (χ1n) is 3.82. The Morgan fingerprint density at radius 2 is 2.00 bits per heavy atom. The van der Waals surface area contributed by atoms with Gasteiger partial charge in [0.15, 0.2) is 0 Å². The summed E-state index contributed by atoms with van der Waals surface area (Å²) >= 11 is 5.89. The van der Waals surface area contributed by atoms with Crippen molar-refractivity contribution in [1.82, 2.24) is 4.57 Å². The highest BCUT2D eigenvalue weighted by atomic mass is 35.5. The fraction of sp³-hybridized carbons (Fsp3) is 0.333. The van der Waals surface area contributed by atoms with E-state index in [-0.39, 0.29) is 6.04 Å². The molecule has 66 valence electrons. The van der Waals surface area contributed by atoms with Crippen LogP contribution in [0.25, 0.3) is 0 Å². The second kappa shape index (κ2) is 3.51. The normalized spacial score (nSPS) is 9.69. The summed E-state index contributed by atoms with van der Waals surface area (Å²) in [4.78, 5) is 0. The molecule has 0 aliphatic rings. The van der Waals surface area contributed by atoms with Gasteiger partial charge < -0.3 is 4.57 Å². The second-order valence-corrected chi connectivity index (χ2v) is 3.28. The monoisotopic (exact) mass is 193 g/mol. The van der Waals surface area contributed by atoms with Gasteiger partial charge in [-0.2, -0.15) is 10.5 Å². The molecule has 3 nitrogen and oxygen atoms in total. The van der Waals surface area contributed by atoms with E-state index in [9.17, 15) is 0 Å². The number of hydrogen-bond donors (Lipinski definition) is 0. The van der Waals surface area contributed by atoms with E-state index < -0.39 is 0 Å². The molecular formula is C9H8ClN3. The van der Waals surface area contributed by atoms with Gasteiger partial charge in [0.1, 0.15) is 23.0 Å². The van der Waals surface area contributed by atoms with Gasteiger partial charge in [0.25, 0.3) is 0 Å². The first kappa shape index (κ1) is 9.64. The molecule has 0 fully saturated rings. The molecular weight excluding hydrogens is 186 g/mol. The van der Waals surface area contributed by atoms with Gasteiger partial charge in [0, 0.05) is 6.04 Å². The van der Waals surface area contributed by atoms with Crippen LogP contribution >= 0.6 is 11.6 Å². The van der Waals surface area contributed by atoms with Crippen molar-refractivity contribution < 1.29 is 0 Å². The van der Waals surface area contributed by atoms with Crippen molar-refractivity contribution in [3.8, 4) is 12.1 Å². The Morgan fingerprint density at radius 3 is 2.31 bits per heavy atom. The van der Waals surface area contributed by atoms with Crippen molar-refractivity contribution in [3.05, 3.63) is 22.5 Å². The van der Waals surface area contributed by atoms with Gasteiger partial charge in [0.05, 0.1) is 5.56 Å². The highest BCUT2D eigenvalue weighted by Gasteiger charge is 2.14. The summed E-state index contributed by atoms with van der Waals surface area (Å²) in [6.45, 7) is 3.82. The van der Waals surface area contributed by atoms with E-state index in [0.29, 0.717) is 16.4 Å². The highest BCUT2D eigenvalue weighted by molar-refractivity contribution is 6.31. The van der Waals surface area contributed by atoms with Crippen LogP contribution in [0.15, 0.2) is 6.07 Å². The minimum atomic E-state index is 0.0873. The molecule has 0 bridgehead atoms. The molecule has 0 aromatic carbocycles. The maximum atomic E-state index is 8.76. The SMILES string of the molecule is CC(C)n1c(C#N)cc(C#N)c1Cl. The number of aromatic nitrogens is 1. The summed E-state index contributed by atoms with van der Waals surface area (Å²) in [5.41, 5.74) is 0.781. The summed E-state index contributed by atoms with van der Waals surface area (Å²) < 4.78 is 1.64. The molecule has 0 atom stereocenters. The first-order chi connectivity index (χ1) is 6.11.